The van der Waals surface area contributed by atoms with E-state index in [4.69, 9.17) is 0 Å². The van der Waals surface area contributed by atoms with E-state index >= 15 is 0 Å². The minimum absolute atomic E-state index is 0.000599. The summed E-state index contributed by atoms with van der Waals surface area (Å²) in [6, 6.07) is 9.48. The topological polar surface area (TPSA) is 106 Å². The zero-order valence-electron chi connectivity index (χ0n) is 14.9. The van der Waals surface area contributed by atoms with Crippen LogP contribution in [0.5, 0.6) is 0 Å². The molecular weight excluding hydrogens is 358 g/mol. The zero-order chi connectivity index (χ0) is 18.9. The van der Waals surface area contributed by atoms with Gasteiger partial charge >= 0.3 is 0 Å². The molecule has 1 aliphatic rings. The average molecular weight is 375 g/mol. The van der Waals surface area contributed by atoms with Crippen molar-refractivity contribution in [3.8, 4) is 5.69 Å². The van der Waals surface area contributed by atoms with E-state index < -0.39 is 0 Å². The number of fused-ring (bicyclic) bond motifs is 1. The number of amides is 1. The summed E-state index contributed by atoms with van der Waals surface area (Å²) < 4.78 is 1.83. The number of hydrogen-bond acceptors (Lipinski definition) is 7. The molecule has 1 unspecified atom stereocenters. The maximum absolute atomic E-state index is 12.6. The first-order valence-corrected chi connectivity index (χ1v) is 8.96. The highest BCUT2D eigenvalue weighted by molar-refractivity contribution is 5.92. The second kappa shape index (κ2) is 6.72. The van der Waals surface area contributed by atoms with E-state index in [0.29, 0.717) is 17.9 Å². The van der Waals surface area contributed by atoms with Crippen LogP contribution in [0.25, 0.3) is 11.3 Å². The lowest BCUT2D eigenvalue weighted by Gasteiger charge is -2.17. The Kier molecular flexibility index (Phi) is 3.93. The molecule has 0 radical (unpaired) electrons. The Labute approximate surface area is 159 Å². The Morgan fingerprint density at radius 3 is 3.00 bits per heavy atom. The molecule has 28 heavy (non-hydrogen) atoms. The van der Waals surface area contributed by atoms with Crippen LogP contribution in [0.4, 0.5) is 5.82 Å². The predicted octanol–water partition coefficient (Wildman–Crippen LogP) is 0.714. The molecule has 5 rings (SSSR count). The third-order valence-electron chi connectivity index (χ3n) is 4.73. The lowest BCUT2D eigenvalue weighted by Crippen LogP contribution is -2.37. The van der Waals surface area contributed by atoms with Crippen LogP contribution in [-0.2, 0) is 0 Å². The SMILES string of the molecule is O=C(NC1CCN(c2nccn3cnnc23)C1)c1cnn(-c2ccccc2)n1. The average Bonchev–Trinajstić information content (AvgIpc) is 3.48. The number of anilines is 1. The quantitative estimate of drug-likeness (QED) is 0.560. The van der Waals surface area contributed by atoms with Gasteiger partial charge in [-0.2, -0.15) is 9.90 Å². The number of nitrogens with one attached hydrogen (secondary N) is 1. The maximum Gasteiger partial charge on any atom is 0.273 e. The maximum atomic E-state index is 12.6. The van der Waals surface area contributed by atoms with E-state index in [2.05, 4.69) is 35.6 Å². The van der Waals surface area contributed by atoms with E-state index in [1.54, 1.807) is 12.5 Å². The highest BCUT2D eigenvalue weighted by Gasteiger charge is 2.27. The van der Waals surface area contributed by atoms with Gasteiger partial charge in [-0.25, -0.2) is 4.98 Å². The molecule has 0 bridgehead atoms. The molecule has 0 spiro atoms. The molecule has 1 saturated heterocycles. The summed E-state index contributed by atoms with van der Waals surface area (Å²) in [5, 5.41) is 19.5. The van der Waals surface area contributed by atoms with E-state index in [1.807, 2.05) is 40.9 Å². The van der Waals surface area contributed by atoms with Gasteiger partial charge in [-0.1, -0.05) is 18.2 Å². The molecule has 3 aromatic heterocycles. The number of nitrogens with zero attached hydrogens (tertiary/aromatic N) is 8. The summed E-state index contributed by atoms with van der Waals surface area (Å²) in [6.45, 7) is 1.43. The highest BCUT2D eigenvalue weighted by Crippen LogP contribution is 2.21. The van der Waals surface area contributed by atoms with Gasteiger partial charge in [0.1, 0.15) is 6.33 Å². The van der Waals surface area contributed by atoms with Crippen LogP contribution >= 0.6 is 0 Å². The second-order valence-electron chi connectivity index (χ2n) is 6.57. The van der Waals surface area contributed by atoms with Gasteiger partial charge in [0.05, 0.1) is 11.9 Å². The Morgan fingerprint density at radius 2 is 2.11 bits per heavy atom. The van der Waals surface area contributed by atoms with Crippen LogP contribution in [-0.4, -0.2) is 59.6 Å². The normalized spacial score (nSPS) is 16.6. The number of hydrogen-bond donors (Lipinski definition) is 1. The van der Waals surface area contributed by atoms with Crippen molar-refractivity contribution in [3.63, 3.8) is 0 Å². The van der Waals surface area contributed by atoms with Gasteiger partial charge in [0.25, 0.3) is 5.91 Å². The fraction of sp³-hybridized carbons (Fsp3) is 0.222. The van der Waals surface area contributed by atoms with Gasteiger partial charge in [0.2, 0.25) is 5.65 Å². The number of rotatable bonds is 4. The molecule has 10 nitrogen and oxygen atoms in total. The van der Waals surface area contributed by atoms with Crippen molar-refractivity contribution in [3.05, 3.63) is 60.9 Å². The largest absolute Gasteiger partial charge is 0.351 e. The molecule has 1 aliphatic heterocycles. The van der Waals surface area contributed by atoms with Crippen molar-refractivity contribution in [2.24, 2.45) is 0 Å². The Morgan fingerprint density at radius 1 is 1.21 bits per heavy atom. The molecule has 140 valence electrons. The van der Waals surface area contributed by atoms with Crippen LogP contribution in [0.15, 0.2) is 55.2 Å². The first kappa shape index (κ1) is 16.4. The number of carbonyl (C=O) groups is 1. The van der Waals surface area contributed by atoms with Crippen molar-refractivity contribution < 1.29 is 4.79 Å². The first-order valence-electron chi connectivity index (χ1n) is 8.96. The number of aromatic nitrogens is 7. The minimum Gasteiger partial charge on any atom is -0.351 e. The van der Waals surface area contributed by atoms with Crippen molar-refractivity contribution in [2.45, 2.75) is 12.5 Å². The Balaban J connectivity index is 1.27. The molecule has 0 aliphatic carbocycles. The van der Waals surface area contributed by atoms with Crippen molar-refractivity contribution in [2.75, 3.05) is 18.0 Å². The molecule has 10 heteroatoms. The van der Waals surface area contributed by atoms with Gasteiger partial charge in [-0.05, 0) is 18.6 Å². The van der Waals surface area contributed by atoms with Crippen LogP contribution in [0, 0.1) is 0 Å². The summed E-state index contributed by atoms with van der Waals surface area (Å²) in [5.74, 6) is 0.537. The molecular formula is C18H17N9O. The number of carbonyl (C=O) groups excluding carboxylic acids is 1. The third-order valence-corrected chi connectivity index (χ3v) is 4.73. The minimum atomic E-state index is -0.234. The van der Waals surface area contributed by atoms with Crippen molar-refractivity contribution >= 4 is 17.4 Å². The van der Waals surface area contributed by atoms with Crippen molar-refractivity contribution in [1.29, 1.82) is 0 Å². The van der Waals surface area contributed by atoms with Gasteiger partial charge in [0.15, 0.2) is 11.5 Å². The molecule has 4 heterocycles. The molecule has 1 atom stereocenters. The standard InChI is InChI=1S/C18H17N9O/c28-18(15-10-21-27(24-15)14-4-2-1-3-5-14)22-13-6-8-25(11-13)16-17-23-20-12-26(17)9-7-19-16/h1-5,7,9-10,12-13H,6,8,11H2,(H,22,28). The summed E-state index contributed by atoms with van der Waals surface area (Å²) in [4.78, 5) is 20.6. The van der Waals surface area contributed by atoms with Crippen LogP contribution in [0.1, 0.15) is 16.9 Å². The third kappa shape index (κ3) is 2.94. The predicted molar refractivity (Wildman–Crippen MR) is 100 cm³/mol. The van der Waals surface area contributed by atoms with Crippen molar-refractivity contribution in [1.82, 2.24) is 39.9 Å². The molecule has 1 fully saturated rings. The van der Waals surface area contributed by atoms with E-state index in [9.17, 15) is 4.79 Å². The smallest absolute Gasteiger partial charge is 0.273 e. The van der Waals surface area contributed by atoms with E-state index in [0.717, 1.165) is 24.5 Å². The molecule has 1 N–H and O–H groups in total. The molecule has 0 saturated carbocycles. The van der Waals surface area contributed by atoms with E-state index in [1.165, 1.54) is 11.0 Å². The second-order valence-corrected chi connectivity index (χ2v) is 6.57. The summed E-state index contributed by atoms with van der Waals surface area (Å²) >= 11 is 0. The van der Waals surface area contributed by atoms with Gasteiger partial charge < -0.3 is 10.2 Å². The highest BCUT2D eigenvalue weighted by atomic mass is 16.2. The van der Waals surface area contributed by atoms with Crippen LogP contribution < -0.4 is 10.2 Å². The van der Waals surface area contributed by atoms with Crippen LogP contribution in [0.2, 0.25) is 0 Å². The molecule has 4 aromatic rings. The fourth-order valence-corrected chi connectivity index (χ4v) is 3.35. The Bertz CT molecular complexity index is 1120. The van der Waals surface area contributed by atoms with E-state index in [-0.39, 0.29) is 11.9 Å². The van der Waals surface area contributed by atoms with Gasteiger partial charge in [-0.3, -0.25) is 9.20 Å². The summed E-state index contributed by atoms with van der Waals surface area (Å²) in [7, 11) is 0. The van der Waals surface area contributed by atoms with Gasteiger partial charge in [0, 0.05) is 31.5 Å². The molecule has 1 aromatic carbocycles. The number of para-hydroxylation sites is 1. The Hall–Kier alpha value is -3.82. The van der Waals surface area contributed by atoms with Gasteiger partial charge in [-0.15, -0.1) is 15.3 Å². The monoisotopic (exact) mass is 375 g/mol. The molecule has 1 amide bonds. The summed E-state index contributed by atoms with van der Waals surface area (Å²) in [6.07, 6.45) is 7.47. The zero-order valence-corrected chi connectivity index (χ0v) is 14.9. The van der Waals surface area contributed by atoms with Crippen LogP contribution in [0.3, 0.4) is 0 Å². The lowest BCUT2D eigenvalue weighted by atomic mass is 10.2. The first-order chi connectivity index (χ1) is 13.8. The fourth-order valence-electron chi connectivity index (χ4n) is 3.35. The lowest BCUT2D eigenvalue weighted by molar-refractivity contribution is 0.0935. The number of benzene rings is 1. The summed E-state index contributed by atoms with van der Waals surface area (Å²) in [5.41, 5.74) is 1.81.